The topological polar surface area (TPSA) is 26.3 Å². The zero-order chi connectivity index (χ0) is 9.97. The van der Waals surface area contributed by atoms with E-state index in [1.807, 2.05) is 6.08 Å². The van der Waals surface area contributed by atoms with Gasteiger partial charge in [0.1, 0.15) is 5.78 Å². The number of hydrogen-bond acceptors (Lipinski definition) is 2. The molecule has 0 spiro atoms. The summed E-state index contributed by atoms with van der Waals surface area (Å²) in [6.07, 6.45) is 8.80. The summed E-state index contributed by atoms with van der Waals surface area (Å²) >= 11 is 0. The van der Waals surface area contributed by atoms with Gasteiger partial charge in [-0.3, -0.25) is 4.79 Å². The normalized spacial score (nSPS) is 27.5. The first-order chi connectivity index (χ1) is 6.79. The van der Waals surface area contributed by atoms with E-state index in [2.05, 4.69) is 6.08 Å². The van der Waals surface area contributed by atoms with Crippen molar-refractivity contribution in [2.45, 2.75) is 38.2 Å². The smallest absolute Gasteiger partial charge is 0.140 e. The lowest BCUT2D eigenvalue weighted by atomic mass is 9.88. The molecule has 0 N–H and O–H groups in total. The Kier molecular flexibility index (Phi) is 2.82. The summed E-state index contributed by atoms with van der Waals surface area (Å²) in [6.45, 7) is 0. The molecule has 0 heterocycles. The minimum atomic E-state index is 0.327. The average molecular weight is 192 g/mol. The van der Waals surface area contributed by atoms with E-state index in [0.29, 0.717) is 24.7 Å². The van der Waals surface area contributed by atoms with Crippen molar-refractivity contribution in [2.75, 3.05) is 7.11 Å². The van der Waals surface area contributed by atoms with Gasteiger partial charge in [0.2, 0.25) is 0 Å². The van der Waals surface area contributed by atoms with Crippen LogP contribution in [0.3, 0.4) is 0 Å². The predicted molar refractivity (Wildman–Crippen MR) is 55.1 cm³/mol. The fourth-order valence-corrected chi connectivity index (χ4v) is 2.23. The van der Waals surface area contributed by atoms with E-state index < -0.39 is 0 Å². The SMILES string of the molecule is COC1CCC2=C(CC(=O)CC=C2)C1. The lowest BCUT2D eigenvalue weighted by Gasteiger charge is -2.24. The summed E-state index contributed by atoms with van der Waals surface area (Å²) in [4.78, 5) is 11.4. The minimum absolute atomic E-state index is 0.327. The Morgan fingerprint density at radius 2 is 2.36 bits per heavy atom. The van der Waals surface area contributed by atoms with Gasteiger partial charge in [-0.05, 0) is 24.8 Å². The van der Waals surface area contributed by atoms with Crippen LogP contribution < -0.4 is 0 Å². The molecule has 1 unspecified atom stereocenters. The Labute approximate surface area is 84.6 Å². The standard InChI is InChI=1S/C12H16O2/c1-14-12-6-5-9-3-2-4-11(13)7-10(9)8-12/h2-3,12H,4-8H2,1H3. The van der Waals surface area contributed by atoms with Crippen molar-refractivity contribution in [2.24, 2.45) is 0 Å². The molecule has 0 saturated heterocycles. The van der Waals surface area contributed by atoms with Gasteiger partial charge < -0.3 is 4.74 Å². The molecule has 0 radical (unpaired) electrons. The lowest BCUT2D eigenvalue weighted by molar-refractivity contribution is -0.117. The van der Waals surface area contributed by atoms with Gasteiger partial charge in [-0.25, -0.2) is 0 Å². The molecule has 0 bridgehead atoms. The number of allylic oxidation sites excluding steroid dienone is 3. The molecular weight excluding hydrogens is 176 g/mol. The van der Waals surface area contributed by atoms with Gasteiger partial charge in [-0.15, -0.1) is 0 Å². The van der Waals surface area contributed by atoms with E-state index in [9.17, 15) is 4.79 Å². The first-order valence-corrected chi connectivity index (χ1v) is 5.21. The first kappa shape index (κ1) is 9.66. The maximum absolute atomic E-state index is 11.4. The number of carbonyl (C=O) groups excluding carboxylic acids is 1. The highest BCUT2D eigenvalue weighted by molar-refractivity contribution is 5.83. The molecule has 0 aromatic heterocycles. The maximum Gasteiger partial charge on any atom is 0.140 e. The van der Waals surface area contributed by atoms with Gasteiger partial charge in [-0.1, -0.05) is 17.7 Å². The highest BCUT2D eigenvalue weighted by atomic mass is 16.5. The summed E-state index contributed by atoms with van der Waals surface area (Å²) in [5.41, 5.74) is 2.69. The van der Waals surface area contributed by atoms with E-state index in [0.717, 1.165) is 19.3 Å². The molecule has 1 atom stereocenters. The summed E-state index contributed by atoms with van der Waals surface area (Å²) < 4.78 is 5.35. The van der Waals surface area contributed by atoms with Crippen molar-refractivity contribution in [3.8, 4) is 0 Å². The molecule has 2 nitrogen and oxygen atoms in total. The Morgan fingerprint density at radius 3 is 3.14 bits per heavy atom. The van der Waals surface area contributed by atoms with Crippen molar-refractivity contribution in [1.29, 1.82) is 0 Å². The summed E-state index contributed by atoms with van der Waals surface area (Å²) in [5.74, 6) is 0.336. The third kappa shape index (κ3) is 1.95. The number of ether oxygens (including phenoxy) is 1. The van der Waals surface area contributed by atoms with Gasteiger partial charge in [0.15, 0.2) is 0 Å². The molecule has 2 aliphatic rings. The van der Waals surface area contributed by atoms with Crippen LogP contribution in [0.5, 0.6) is 0 Å². The van der Waals surface area contributed by atoms with Crippen LogP contribution in [0.4, 0.5) is 0 Å². The Hall–Kier alpha value is -0.890. The molecule has 0 aromatic carbocycles. The molecule has 0 saturated carbocycles. The van der Waals surface area contributed by atoms with Crippen LogP contribution in [0.25, 0.3) is 0 Å². The van der Waals surface area contributed by atoms with Crippen LogP contribution >= 0.6 is 0 Å². The van der Waals surface area contributed by atoms with Crippen LogP contribution in [0.2, 0.25) is 0 Å². The third-order valence-corrected chi connectivity index (χ3v) is 3.07. The molecule has 2 aliphatic carbocycles. The number of carbonyl (C=O) groups is 1. The monoisotopic (exact) mass is 192 g/mol. The predicted octanol–water partition coefficient (Wildman–Crippen LogP) is 2.40. The average Bonchev–Trinajstić information content (AvgIpc) is 2.37. The van der Waals surface area contributed by atoms with E-state index >= 15 is 0 Å². The van der Waals surface area contributed by atoms with E-state index in [-0.39, 0.29) is 0 Å². The molecule has 0 fully saturated rings. The molecule has 2 rings (SSSR count). The van der Waals surface area contributed by atoms with E-state index in [1.54, 1.807) is 7.11 Å². The Bertz CT molecular complexity index is 299. The van der Waals surface area contributed by atoms with Crippen LogP contribution in [-0.4, -0.2) is 19.0 Å². The Balaban J connectivity index is 2.18. The highest BCUT2D eigenvalue weighted by Crippen LogP contribution is 2.31. The second kappa shape index (κ2) is 4.09. The molecule has 0 aliphatic heterocycles. The van der Waals surface area contributed by atoms with Crippen LogP contribution in [0.1, 0.15) is 32.1 Å². The first-order valence-electron chi connectivity index (χ1n) is 5.21. The number of methoxy groups -OCH3 is 1. The van der Waals surface area contributed by atoms with Gasteiger partial charge in [-0.2, -0.15) is 0 Å². The summed E-state index contributed by atoms with van der Waals surface area (Å²) in [6, 6.07) is 0. The number of hydrogen-bond donors (Lipinski definition) is 0. The van der Waals surface area contributed by atoms with E-state index in [1.165, 1.54) is 11.1 Å². The molecule has 14 heavy (non-hydrogen) atoms. The van der Waals surface area contributed by atoms with Crippen molar-refractivity contribution >= 4 is 5.78 Å². The van der Waals surface area contributed by atoms with E-state index in [4.69, 9.17) is 4.74 Å². The fraction of sp³-hybridized carbons (Fsp3) is 0.583. The second-order valence-corrected chi connectivity index (χ2v) is 4.05. The Morgan fingerprint density at radius 1 is 1.50 bits per heavy atom. The zero-order valence-corrected chi connectivity index (χ0v) is 8.58. The fourth-order valence-electron chi connectivity index (χ4n) is 2.23. The minimum Gasteiger partial charge on any atom is -0.381 e. The number of rotatable bonds is 1. The van der Waals surface area contributed by atoms with Crippen molar-refractivity contribution < 1.29 is 9.53 Å². The van der Waals surface area contributed by atoms with Gasteiger partial charge in [0, 0.05) is 20.0 Å². The molecule has 0 amide bonds. The quantitative estimate of drug-likeness (QED) is 0.637. The zero-order valence-electron chi connectivity index (χ0n) is 8.58. The van der Waals surface area contributed by atoms with Crippen molar-refractivity contribution in [3.63, 3.8) is 0 Å². The van der Waals surface area contributed by atoms with Crippen LogP contribution in [-0.2, 0) is 9.53 Å². The number of ketones is 1. The summed E-state index contributed by atoms with van der Waals surface area (Å²) in [5, 5.41) is 0. The molecule has 76 valence electrons. The van der Waals surface area contributed by atoms with Crippen molar-refractivity contribution in [3.05, 3.63) is 23.3 Å². The van der Waals surface area contributed by atoms with Crippen LogP contribution in [0.15, 0.2) is 23.3 Å². The van der Waals surface area contributed by atoms with Gasteiger partial charge >= 0.3 is 0 Å². The van der Waals surface area contributed by atoms with Crippen LogP contribution in [0, 0.1) is 0 Å². The van der Waals surface area contributed by atoms with Gasteiger partial charge in [0.25, 0.3) is 0 Å². The maximum atomic E-state index is 11.4. The summed E-state index contributed by atoms with van der Waals surface area (Å²) in [7, 11) is 1.75. The molecular formula is C12H16O2. The third-order valence-electron chi connectivity index (χ3n) is 3.07. The molecule has 0 aromatic rings. The van der Waals surface area contributed by atoms with Gasteiger partial charge in [0.05, 0.1) is 6.10 Å². The highest BCUT2D eigenvalue weighted by Gasteiger charge is 2.22. The van der Waals surface area contributed by atoms with Crippen molar-refractivity contribution in [1.82, 2.24) is 0 Å². The number of Topliss-reactive ketones (excluding diaryl/α,β-unsaturated/α-hetero) is 1. The lowest BCUT2D eigenvalue weighted by Crippen LogP contribution is -2.17. The second-order valence-electron chi connectivity index (χ2n) is 4.05. The largest absolute Gasteiger partial charge is 0.381 e. The molecule has 2 heteroatoms.